The van der Waals surface area contributed by atoms with E-state index in [-0.39, 0.29) is 5.54 Å². The number of nitrogens with zero attached hydrogens (tertiary/aromatic N) is 2. The summed E-state index contributed by atoms with van der Waals surface area (Å²) in [6.45, 7) is 12.5. The molecule has 1 aliphatic heterocycles. The number of likely N-dealkylation sites (N-methyl/N-ethyl adjacent to an activating group) is 1. The fraction of sp³-hybridized carbons (Fsp3) is 1.00. The first-order valence-corrected chi connectivity index (χ1v) is 6.24. The molecular formula is C12H26N2O. The molecule has 3 nitrogen and oxygen atoms in total. The van der Waals surface area contributed by atoms with Crippen LogP contribution < -0.4 is 0 Å². The molecule has 1 saturated heterocycles. The molecule has 0 unspecified atom stereocenters. The van der Waals surface area contributed by atoms with Gasteiger partial charge in [-0.1, -0.05) is 13.8 Å². The third kappa shape index (κ3) is 3.16. The molecule has 0 aromatic carbocycles. The van der Waals surface area contributed by atoms with Gasteiger partial charge in [0.15, 0.2) is 0 Å². The lowest BCUT2D eigenvalue weighted by Gasteiger charge is -2.34. The van der Waals surface area contributed by atoms with Crippen molar-refractivity contribution in [3.05, 3.63) is 0 Å². The third-order valence-corrected chi connectivity index (χ3v) is 3.83. The van der Waals surface area contributed by atoms with Crippen LogP contribution in [0.3, 0.4) is 0 Å². The van der Waals surface area contributed by atoms with Crippen LogP contribution in [0, 0.1) is 0 Å². The molecule has 90 valence electrons. The SMILES string of the molecule is CCN(CC)CCN1CCC[C@]1(C)CO. The van der Waals surface area contributed by atoms with E-state index in [9.17, 15) is 5.11 Å². The van der Waals surface area contributed by atoms with Crippen molar-refractivity contribution in [3.63, 3.8) is 0 Å². The van der Waals surface area contributed by atoms with E-state index in [4.69, 9.17) is 0 Å². The van der Waals surface area contributed by atoms with Crippen LogP contribution in [-0.4, -0.2) is 59.8 Å². The van der Waals surface area contributed by atoms with E-state index in [0.717, 1.165) is 39.1 Å². The van der Waals surface area contributed by atoms with Crippen LogP contribution in [0.25, 0.3) is 0 Å². The van der Waals surface area contributed by atoms with Crippen LogP contribution in [0.1, 0.15) is 33.6 Å². The molecule has 1 fully saturated rings. The summed E-state index contributed by atoms with van der Waals surface area (Å²) < 4.78 is 0. The highest BCUT2D eigenvalue weighted by atomic mass is 16.3. The van der Waals surface area contributed by atoms with Crippen molar-refractivity contribution in [2.24, 2.45) is 0 Å². The van der Waals surface area contributed by atoms with E-state index in [1.165, 1.54) is 6.42 Å². The Morgan fingerprint density at radius 3 is 2.53 bits per heavy atom. The molecule has 15 heavy (non-hydrogen) atoms. The van der Waals surface area contributed by atoms with Crippen LogP contribution in [0.15, 0.2) is 0 Å². The first kappa shape index (κ1) is 12.9. The summed E-state index contributed by atoms with van der Waals surface area (Å²) in [4.78, 5) is 4.89. The van der Waals surface area contributed by atoms with Gasteiger partial charge in [0.25, 0.3) is 0 Å². The van der Waals surface area contributed by atoms with Crippen molar-refractivity contribution in [2.45, 2.75) is 39.2 Å². The van der Waals surface area contributed by atoms with Crippen LogP contribution in [0.2, 0.25) is 0 Å². The van der Waals surface area contributed by atoms with Crippen LogP contribution in [-0.2, 0) is 0 Å². The molecule has 0 saturated carbocycles. The lowest BCUT2D eigenvalue weighted by Crippen LogP contribution is -2.47. The highest BCUT2D eigenvalue weighted by Gasteiger charge is 2.35. The normalized spacial score (nSPS) is 27.8. The lowest BCUT2D eigenvalue weighted by molar-refractivity contribution is 0.0707. The van der Waals surface area contributed by atoms with E-state index in [1.54, 1.807) is 0 Å². The molecule has 1 aliphatic rings. The third-order valence-electron chi connectivity index (χ3n) is 3.83. The second kappa shape index (κ2) is 5.83. The molecule has 0 radical (unpaired) electrons. The predicted molar refractivity (Wildman–Crippen MR) is 64.1 cm³/mol. The van der Waals surface area contributed by atoms with Gasteiger partial charge < -0.3 is 10.0 Å². The molecule has 0 aliphatic carbocycles. The molecule has 1 N–H and O–H groups in total. The van der Waals surface area contributed by atoms with Crippen LogP contribution in [0.5, 0.6) is 0 Å². The predicted octanol–water partition coefficient (Wildman–Crippen LogP) is 1.18. The first-order chi connectivity index (χ1) is 7.16. The van der Waals surface area contributed by atoms with Crippen molar-refractivity contribution in [2.75, 3.05) is 39.3 Å². The average Bonchev–Trinajstić information content (AvgIpc) is 2.63. The smallest absolute Gasteiger partial charge is 0.0612 e. The molecular weight excluding hydrogens is 188 g/mol. The van der Waals surface area contributed by atoms with Gasteiger partial charge in [0.05, 0.1) is 6.61 Å². The lowest BCUT2D eigenvalue weighted by atomic mass is 10.0. The summed E-state index contributed by atoms with van der Waals surface area (Å²) in [5.74, 6) is 0. The molecule has 1 atom stereocenters. The number of aliphatic hydroxyl groups excluding tert-OH is 1. The molecule has 1 rings (SSSR count). The molecule has 0 amide bonds. The van der Waals surface area contributed by atoms with E-state index in [0.29, 0.717) is 6.61 Å². The summed E-state index contributed by atoms with van der Waals surface area (Å²) in [6, 6.07) is 0. The number of hydrogen-bond donors (Lipinski definition) is 1. The Kier molecular flexibility index (Phi) is 5.03. The highest BCUT2D eigenvalue weighted by Crippen LogP contribution is 2.27. The van der Waals surface area contributed by atoms with Crippen LogP contribution in [0.4, 0.5) is 0 Å². The van der Waals surface area contributed by atoms with E-state index in [2.05, 4.69) is 30.6 Å². The van der Waals surface area contributed by atoms with Crippen molar-refractivity contribution >= 4 is 0 Å². The minimum Gasteiger partial charge on any atom is -0.394 e. The van der Waals surface area contributed by atoms with Crippen molar-refractivity contribution in [1.29, 1.82) is 0 Å². The van der Waals surface area contributed by atoms with Gasteiger partial charge in [-0.3, -0.25) is 4.90 Å². The van der Waals surface area contributed by atoms with Gasteiger partial charge in [-0.25, -0.2) is 0 Å². The molecule has 3 heteroatoms. The van der Waals surface area contributed by atoms with Crippen molar-refractivity contribution in [1.82, 2.24) is 9.80 Å². The van der Waals surface area contributed by atoms with Gasteiger partial charge in [0.1, 0.15) is 0 Å². The molecule has 0 aromatic rings. The minimum absolute atomic E-state index is 0.0488. The summed E-state index contributed by atoms with van der Waals surface area (Å²) in [6.07, 6.45) is 2.37. The minimum atomic E-state index is 0.0488. The summed E-state index contributed by atoms with van der Waals surface area (Å²) in [5, 5.41) is 9.42. The number of likely N-dealkylation sites (tertiary alicyclic amines) is 1. The Balaban J connectivity index is 2.37. The van der Waals surface area contributed by atoms with Crippen molar-refractivity contribution in [3.8, 4) is 0 Å². The number of rotatable bonds is 6. The standard InChI is InChI=1S/C12H26N2O/c1-4-13(5-2)9-10-14-8-6-7-12(14,3)11-15/h15H,4-11H2,1-3H3/t12-/m1/s1. The molecule has 0 bridgehead atoms. The Hall–Kier alpha value is -0.120. The van der Waals surface area contributed by atoms with Gasteiger partial charge >= 0.3 is 0 Å². The summed E-state index contributed by atoms with van der Waals surface area (Å²) in [5.41, 5.74) is 0.0488. The zero-order chi connectivity index (χ0) is 11.3. The fourth-order valence-corrected chi connectivity index (χ4v) is 2.44. The Morgan fingerprint density at radius 1 is 1.33 bits per heavy atom. The quantitative estimate of drug-likeness (QED) is 0.719. The molecule has 0 aromatic heterocycles. The van der Waals surface area contributed by atoms with Gasteiger partial charge in [0.2, 0.25) is 0 Å². The Labute approximate surface area is 94.1 Å². The van der Waals surface area contributed by atoms with Crippen molar-refractivity contribution < 1.29 is 5.11 Å². The monoisotopic (exact) mass is 214 g/mol. The van der Waals surface area contributed by atoms with Crippen LogP contribution >= 0.6 is 0 Å². The zero-order valence-corrected chi connectivity index (χ0v) is 10.5. The maximum Gasteiger partial charge on any atom is 0.0612 e. The first-order valence-electron chi connectivity index (χ1n) is 6.24. The number of aliphatic hydroxyl groups is 1. The maximum absolute atomic E-state index is 9.42. The Morgan fingerprint density at radius 2 is 2.00 bits per heavy atom. The Bertz CT molecular complexity index is 182. The summed E-state index contributed by atoms with van der Waals surface area (Å²) in [7, 11) is 0. The average molecular weight is 214 g/mol. The summed E-state index contributed by atoms with van der Waals surface area (Å²) >= 11 is 0. The van der Waals surface area contributed by atoms with E-state index < -0.39 is 0 Å². The van der Waals surface area contributed by atoms with E-state index in [1.807, 2.05) is 0 Å². The highest BCUT2D eigenvalue weighted by molar-refractivity contribution is 4.91. The topological polar surface area (TPSA) is 26.7 Å². The van der Waals surface area contributed by atoms with Gasteiger partial charge in [0, 0.05) is 18.6 Å². The van der Waals surface area contributed by atoms with Gasteiger partial charge in [-0.2, -0.15) is 0 Å². The fourth-order valence-electron chi connectivity index (χ4n) is 2.44. The zero-order valence-electron chi connectivity index (χ0n) is 10.5. The van der Waals surface area contributed by atoms with Gasteiger partial charge in [-0.05, 0) is 39.4 Å². The molecule has 0 spiro atoms. The second-order valence-electron chi connectivity index (χ2n) is 4.77. The largest absolute Gasteiger partial charge is 0.394 e. The van der Waals surface area contributed by atoms with Gasteiger partial charge in [-0.15, -0.1) is 0 Å². The van der Waals surface area contributed by atoms with E-state index >= 15 is 0 Å². The maximum atomic E-state index is 9.42. The number of hydrogen-bond acceptors (Lipinski definition) is 3. The molecule has 1 heterocycles. The second-order valence-corrected chi connectivity index (χ2v) is 4.77.